The first-order valence-corrected chi connectivity index (χ1v) is 7.74. The summed E-state index contributed by atoms with van der Waals surface area (Å²) >= 11 is 9.59. The van der Waals surface area contributed by atoms with Crippen LogP contribution in [0.1, 0.15) is 22.3 Å². The fourth-order valence-electron chi connectivity index (χ4n) is 2.44. The second-order valence-electron chi connectivity index (χ2n) is 5.01. The predicted octanol–water partition coefficient (Wildman–Crippen LogP) is 6.06. The van der Waals surface area contributed by atoms with E-state index >= 15 is 0 Å². The zero-order chi connectivity index (χ0) is 14.1. The fourth-order valence-corrected chi connectivity index (χ4v) is 2.92. The third-order valence-electron chi connectivity index (χ3n) is 3.56. The van der Waals surface area contributed by atoms with Gasteiger partial charge in [0.2, 0.25) is 0 Å². The van der Waals surface area contributed by atoms with Gasteiger partial charge in [0.05, 0.1) is 0 Å². The van der Waals surface area contributed by atoms with Crippen molar-refractivity contribution in [1.29, 1.82) is 0 Å². The van der Waals surface area contributed by atoms with E-state index < -0.39 is 0 Å². The normalized spacial score (nSPS) is 13.7. The van der Waals surface area contributed by atoms with Crippen LogP contribution in [0.15, 0.2) is 53.0 Å². The van der Waals surface area contributed by atoms with Crippen LogP contribution >= 0.6 is 27.5 Å². The van der Waals surface area contributed by atoms with Crippen molar-refractivity contribution in [2.75, 3.05) is 0 Å². The van der Waals surface area contributed by atoms with Crippen LogP contribution in [0.5, 0.6) is 0 Å². The minimum atomic E-state index is 0.816. The van der Waals surface area contributed by atoms with Crippen LogP contribution in [0.3, 0.4) is 0 Å². The first-order chi connectivity index (χ1) is 9.63. The van der Waals surface area contributed by atoms with Gasteiger partial charge in [-0.2, -0.15) is 0 Å². The second kappa shape index (κ2) is 5.59. The molecule has 20 heavy (non-hydrogen) atoms. The van der Waals surface area contributed by atoms with Crippen LogP contribution in [-0.2, 0) is 6.42 Å². The third-order valence-corrected chi connectivity index (χ3v) is 4.48. The van der Waals surface area contributed by atoms with Gasteiger partial charge in [-0.3, -0.25) is 0 Å². The number of hydrogen-bond donors (Lipinski definition) is 0. The summed E-state index contributed by atoms with van der Waals surface area (Å²) in [7, 11) is 0. The van der Waals surface area contributed by atoms with Gasteiger partial charge in [0.15, 0.2) is 0 Å². The maximum atomic E-state index is 6.05. The molecule has 0 aliphatic heterocycles. The molecule has 3 rings (SSSR count). The highest BCUT2D eigenvalue weighted by atomic mass is 79.9. The first kappa shape index (κ1) is 13.7. The number of benzene rings is 2. The molecule has 100 valence electrons. The molecule has 0 atom stereocenters. The summed E-state index contributed by atoms with van der Waals surface area (Å²) in [6, 6.07) is 12.6. The van der Waals surface area contributed by atoms with Crippen molar-refractivity contribution >= 4 is 39.2 Å². The number of halogens is 2. The Kier molecular flexibility index (Phi) is 3.82. The predicted molar refractivity (Wildman–Crippen MR) is 91.0 cm³/mol. The molecule has 0 bridgehead atoms. The molecule has 0 amide bonds. The lowest BCUT2D eigenvalue weighted by Gasteiger charge is -2.03. The Morgan fingerprint density at radius 3 is 2.75 bits per heavy atom. The van der Waals surface area contributed by atoms with Crippen LogP contribution in [0, 0.1) is 6.92 Å². The molecule has 0 heterocycles. The van der Waals surface area contributed by atoms with Crippen molar-refractivity contribution in [3.05, 3.63) is 80.3 Å². The van der Waals surface area contributed by atoms with Gasteiger partial charge < -0.3 is 0 Å². The summed E-state index contributed by atoms with van der Waals surface area (Å²) in [5, 5.41) is 0.816. The van der Waals surface area contributed by atoms with E-state index in [1.807, 2.05) is 19.1 Å². The maximum absolute atomic E-state index is 6.05. The topological polar surface area (TPSA) is 0 Å². The number of rotatable bonds is 2. The lowest BCUT2D eigenvalue weighted by molar-refractivity contribution is 1.31. The molecule has 2 aromatic rings. The quantitative estimate of drug-likeness (QED) is 0.620. The summed E-state index contributed by atoms with van der Waals surface area (Å²) in [6.45, 7) is 2.03. The smallest absolute Gasteiger partial charge is 0.0435 e. The van der Waals surface area contributed by atoms with Gasteiger partial charge in [-0.05, 0) is 59.4 Å². The molecule has 2 heteroatoms. The van der Waals surface area contributed by atoms with E-state index in [1.54, 1.807) is 0 Å². The van der Waals surface area contributed by atoms with Crippen LogP contribution < -0.4 is 0 Å². The lowest BCUT2D eigenvalue weighted by atomic mass is 10.0. The number of fused-ring (bicyclic) bond motifs is 1. The molecule has 0 nitrogen and oxygen atoms in total. The van der Waals surface area contributed by atoms with Crippen LogP contribution in [-0.4, -0.2) is 0 Å². The highest BCUT2D eigenvalue weighted by Crippen LogP contribution is 2.31. The molecule has 0 N–H and O–H groups in total. The van der Waals surface area contributed by atoms with E-state index in [0.29, 0.717) is 0 Å². The van der Waals surface area contributed by atoms with Crippen LogP contribution in [0.25, 0.3) is 11.6 Å². The van der Waals surface area contributed by atoms with Gasteiger partial charge in [0.1, 0.15) is 0 Å². The van der Waals surface area contributed by atoms with E-state index in [-0.39, 0.29) is 0 Å². The Balaban J connectivity index is 1.88. The standard InChI is InChI=1S/C18H14BrCl/c1-12-10-13(3-9-18(12)20)2-4-14-5-6-15-7-8-16(19)11-17(14)15/h2-5,7-11H,6H2,1H3/b4-2+. The Labute approximate surface area is 132 Å². The average molecular weight is 346 g/mol. The molecular formula is C18H14BrCl. The van der Waals surface area contributed by atoms with E-state index in [2.05, 4.69) is 58.4 Å². The molecule has 0 saturated heterocycles. The van der Waals surface area contributed by atoms with Crippen molar-refractivity contribution in [3.63, 3.8) is 0 Å². The van der Waals surface area contributed by atoms with Gasteiger partial charge in [0, 0.05) is 9.50 Å². The van der Waals surface area contributed by atoms with E-state index in [1.165, 1.54) is 22.3 Å². The highest BCUT2D eigenvalue weighted by molar-refractivity contribution is 9.10. The second-order valence-corrected chi connectivity index (χ2v) is 6.33. The summed E-state index contributed by atoms with van der Waals surface area (Å²) in [5.74, 6) is 0. The Morgan fingerprint density at radius 1 is 1.10 bits per heavy atom. The van der Waals surface area contributed by atoms with E-state index in [0.717, 1.165) is 21.5 Å². The van der Waals surface area contributed by atoms with Crippen molar-refractivity contribution in [2.45, 2.75) is 13.3 Å². The first-order valence-electron chi connectivity index (χ1n) is 6.57. The zero-order valence-electron chi connectivity index (χ0n) is 11.2. The third kappa shape index (κ3) is 2.74. The number of hydrogen-bond acceptors (Lipinski definition) is 0. The van der Waals surface area contributed by atoms with Crippen LogP contribution in [0.4, 0.5) is 0 Å². The lowest BCUT2D eigenvalue weighted by Crippen LogP contribution is -1.83. The number of allylic oxidation sites excluding steroid dienone is 3. The van der Waals surface area contributed by atoms with Gasteiger partial charge in [-0.25, -0.2) is 0 Å². The minimum Gasteiger partial charge on any atom is -0.0841 e. The molecular weight excluding hydrogens is 332 g/mol. The average Bonchev–Trinajstić information content (AvgIpc) is 2.82. The summed E-state index contributed by atoms with van der Waals surface area (Å²) in [6.07, 6.45) is 7.62. The molecule has 0 aromatic heterocycles. The van der Waals surface area contributed by atoms with Crippen molar-refractivity contribution in [2.24, 2.45) is 0 Å². The van der Waals surface area contributed by atoms with Crippen molar-refractivity contribution < 1.29 is 0 Å². The number of aryl methyl sites for hydroxylation is 1. The monoisotopic (exact) mass is 344 g/mol. The highest BCUT2D eigenvalue weighted by Gasteiger charge is 2.11. The molecule has 1 aliphatic rings. The zero-order valence-corrected chi connectivity index (χ0v) is 13.5. The Bertz CT molecular complexity index is 726. The Hall–Kier alpha value is -1.31. The molecule has 0 spiro atoms. The van der Waals surface area contributed by atoms with E-state index in [9.17, 15) is 0 Å². The minimum absolute atomic E-state index is 0.816. The molecule has 0 saturated carbocycles. The van der Waals surface area contributed by atoms with Gasteiger partial charge >= 0.3 is 0 Å². The summed E-state index contributed by atoms with van der Waals surface area (Å²) in [4.78, 5) is 0. The maximum Gasteiger partial charge on any atom is 0.0435 e. The SMILES string of the molecule is Cc1cc(/C=C/C2=CCc3ccc(Br)cc32)ccc1Cl. The molecule has 1 aliphatic carbocycles. The molecule has 0 unspecified atom stereocenters. The fraction of sp³-hybridized carbons (Fsp3) is 0.111. The molecule has 2 aromatic carbocycles. The van der Waals surface area contributed by atoms with Crippen molar-refractivity contribution in [3.8, 4) is 0 Å². The van der Waals surface area contributed by atoms with Crippen LogP contribution in [0.2, 0.25) is 5.02 Å². The van der Waals surface area contributed by atoms with E-state index in [4.69, 9.17) is 11.6 Å². The van der Waals surface area contributed by atoms with Crippen molar-refractivity contribution in [1.82, 2.24) is 0 Å². The largest absolute Gasteiger partial charge is 0.0841 e. The summed E-state index contributed by atoms with van der Waals surface area (Å²) in [5.41, 5.74) is 6.28. The Morgan fingerprint density at radius 2 is 1.95 bits per heavy atom. The molecule has 0 fully saturated rings. The van der Waals surface area contributed by atoms with Gasteiger partial charge in [0.25, 0.3) is 0 Å². The van der Waals surface area contributed by atoms with Gasteiger partial charge in [-0.15, -0.1) is 0 Å². The summed E-state index contributed by atoms with van der Waals surface area (Å²) < 4.78 is 1.12. The molecule has 0 radical (unpaired) electrons. The van der Waals surface area contributed by atoms with Gasteiger partial charge in [-0.1, -0.05) is 64.0 Å².